The summed E-state index contributed by atoms with van der Waals surface area (Å²) in [6, 6.07) is 2.44. The summed E-state index contributed by atoms with van der Waals surface area (Å²) in [6.45, 7) is 3.21. The summed E-state index contributed by atoms with van der Waals surface area (Å²) in [4.78, 5) is 4.66. The van der Waals surface area contributed by atoms with Gasteiger partial charge < -0.3 is 15.5 Å². The highest BCUT2D eigenvalue weighted by atomic mass is 15.2. The number of likely N-dealkylation sites (tertiary alicyclic amines) is 1. The molecule has 1 saturated heterocycles. The number of likely N-dealkylation sites (N-methyl/N-ethyl adjacent to an activating group) is 1. The molecular formula is C10H20N4. The average Bonchev–Trinajstić information content (AvgIpc) is 2.62. The number of nitrogens with zero attached hydrogens (tertiary/aromatic N) is 3. The van der Waals surface area contributed by atoms with Gasteiger partial charge in [0, 0.05) is 19.1 Å². The molecule has 0 aromatic rings. The molecule has 0 aliphatic carbocycles. The second-order valence-electron chi connectivity index (χ2n) is 4.23. The van der Waals surface area contributed by atoms with Crippen LogP contribution >= 0.6 is 0 Å². The van der Waals surface area contributed by atoms with Crippen molar-refractivity contribution in [3.63, 3.8) is 0 Å². The molecule has 2 unspecified atom stereocenters. The number of hydrogen-bond acceptors (Lipinski definition) is 4. The van der Waals surface area contributed by atoms with Crippen LogP contribution in [0.2, 0.25) is 0 Å². The fraction of sp³-hybridized carbons (Fsp3) is 0.900. The quantitative estimate of drug-likeness (QED) is 0.680. The Morgan fingerprint density at radius 2 is 2.36 bits per heavy atom. The van der Waals surface area contributed by atoms with Crippen molar-refractivity contribution in [3.05, 3.63) is 0 Å². The zero-order chi connectivity index (χ0) is 10.6. The first-order chi connectivity index (χ1) is 6.63. The highest BCUT2D eigenvalue weighted by molar-refractivity contribution is 4.88. The molecule has 1 rings (SSSR count). The fourth-order valence-electron chi connectivity index (χ4n) is 1.82. The first kappa shape index (κ1) is 11.4. The lowest BCUT2D eigenvalue weighted by atomic mass is 10.2. The minimum atomic E-state index is -0.298. The van der Waals surface area contributed by atoms with Crippen LogP contribution in [-0.2, 0) is 0 Å². The van der Waals surface area contributed by atoms with E-state index < -0.39 is 0 Å². The molecular weight excluding hydrogens is 176 g/mol. The molecule has 0 spiro atoms. The summed E-state index contributed by atoms with van der Waals surface area (Å²) in [5.41, 5.74) is 5.55. The van der Waals surface area contributed by atoms with Gasteiger partial charge in [-0.25, -0.2) is 0 Å². The molecule has 1 aliphatic rings. The maximum Gasteiger partial charge on any atom is 0.0940 e. The Balaban J connectivity index is 2.20. The van der Waals surface area contributed by atoms with E-state index in [1.807, 2.05) is 0 Å². The van der Waals surface area contributed by atoms with Crippen LogP contribution in [0.4, 0.5) is 0 Å². The first-order valence-electron chi connectivity index (χ1n) is 5.17. The van der Waals surface area contributed by atoms with Crippen LogP contribution in [0.3, 0.4) is 0 Å². The van der Waals surface area contributed by atoms with E-state index >= 15 is 0 Å². The van der Waals surface area contributed by atoms with Gasteiger partial charge in [-0.15, -0.1) is 0 Å². The van der Waals surface area contributed by atoms with Gasteiger partial charge in [0.15, 0.2) is 0 Å². The van der Waals surface area contributed by atoms with E-state index in [0.29, 0.717) is 6.04 Å². The molecule has 0 saturated carbocycles. The van der Waals surface area contributed by atoms with Gasteiger partial charge in [0.1, 0.15) is 0 Å². The molecule has 14 heavy (non-hydrogen) atoms. The number of hydrogen-bond donors (Lipinski definition) is 1. The highest BCUT2D eigenvalue weighted by Crippen LogP contribution is 2.13. The third-order valence-corrected chi connectivity index (χ3v) is 2.90. The van der Waals surface area contributed by atoms with Gasteiger partial charge in [0.2, 0.25) is 0 Å². The minimum absolute atomic E-state index is 0.298. The summed E-state index contributed by atoms with van der Waals surface area (Å²) in [6.07, 6.45) is 2.02. The topological polar surface area (TPSA) is 56.3 Å². The summed E-state index contributed by atoms with van der Waals surface area (Å²) in [7, 11) is 4.24. The van der Waals surface area contributed by atoms with Crippen molar-refractivity contribution in [2.45, 2.75) is 24.9 Å². The second-order valence-corrected chi connectivity index (χ2v) is 4.23. The van der Waals surface area contributed by atoms with E-state index in [0.717, 1.165) is 26.1 Å². The zero-order valence-electron chi connectivity index (χ0n) is 9.11. The van der Waals surface area contributed by atoms with Crippen molar-refractivity contribution in [2.24, 2.45) is 5.73 Å². The van der Waals surface area contributed by atoms with Crippen LogP contribution in [0.25, 0.3) is 0 Å². The molecule has 1 fully saturated rings. The van der Waals surface area contributed by atoms with Crippen LogP contribution in [-0.4, -0.2) is 55.6 Å². The Labute approximate surface area is 86.3 Å². The predicted octanol–water partition coefficient (Wildman–Crippen LogP) is -0.137. The van der Waals surface area contributed by atoms with Crippen molar-refractivity contribution in [2.75, 3.05) is 33.7 Å². The molecule has 0 aromatic carbocycles. The first-order valence-corrected chi connectivity index (χ1v) is 5.17. The lowest BCUT2D eigenvalue weighted by Crippen LogP contribution is -2.33. The van der Waals surface area contributed by atoms with E-state index in [1.165, 1.54) is 6.42 Å². The van der Waals surface area contributed by atoms with Crippen LogP contribution in [0.1, 0.15) is 12.8 Å². The van der Waals surface area contributed by atoms with Crippen molar-refractivity contribution < 1.29 is 0 Å². The second kappa shape index (κ2) is 5.30. The Hall–Kier alpha value is -0.630. The monoisotopic (exact) mass is 196 g/mol. The molecule has 1 aliphatic heterocycles. The lowest BCUT2D eigenvalue weighted by molar-refractivity contribution is 0.266. The van der Waals surface area contributed by atoms with Crippen molar-refractivity contribution >= 4 is 0 Å². The van der Waals surface area contributed by atoms with Crippen molar-refractivity contribution in [1.29, 1.82) is 5.26 Å². The van der Waals surface area contributed by atoms with Gasteiger partial charge >= 0.3 is 0 Å². The van der Waals surface area contributed by atoms with Crippen LogP contribution in [0, 0.1) is 11.3 Å². The molecule has 2 N–H and O–H groups in total. The predicted molar refractivity (Wildman–Crippen MR) is 56.7 cm³/mol. The molecule has 0 amide bonds. The highest BCUT2D eigenvalue weighted by Gasteiger charge is 2.23. The van der Waals surface area contributed by atoms with Gasteiger partial charge in [-0.1, -0.05) is 0 Å². The van der Waals surface area contributed by atoms with Gasteiger partial charge in [0.05, 0.1) is 12.1 Å². The number of nitrogens with two attached hydrogens (primary N) is 1. The Bertz CT molecular complexity index is 209. The van der Waals surface area contributed by atoms with Gasteiger partial charge in [-0.05, 0) is 33.5 Å². The normalized spacial score (nSPS) is 25.2. The van der Waals surface area contributed by atoms with E-state index in [-0.39, 0.29) is 6.04 Å². The summed E-state index contributed by atoms with van der Waals surface area (Å²) in [5, 5.41) is 8.55. The summed E-state index contributed by atoms with van der Waals surface area (Å²) >= 11 is 0. The Morgan fingerprint density at radius 1 is 1.64 bits per heavy atom. The van der Waals surface area contributed by atoms with E-state index in [4.69, 9.17) is 11.0 Å². The molecule has 0 bridgehead atoms. The maximum absolute atomic E-state index is 8.55. The minimum Gasteiger partial charge on any atom is -0.316 e. The molecule has 0 radical (unpaired) electrons. The van der Waals surface area contributed by atoms with Crippen LogP contribution in [0.5, 0.6) is 0 Å². The Kier molecular flexibility index (Phi) is 4.33. The molecule has 0 aromatic heterocycles. The number of rotatable bonds is 4. The molecule has 80 valence electrons. The van der Waals surface area contributed by atoms with Crippen LogP contribution < -0.4 is 5.73 Å². The average molecular weight is 196 g/mol. The van der Waals surface area contributed by atoms with E-state index in [1.54, 1.807) is 0 Å². The summed E-state index contributed by atoms with van der Waals surface area (Å²) in [5.74, 6) is 0. The number of nitriles is 1. The standard InChI is InChI=1S/C10H20N4/c1-13(2)10-4-6-14(8-10)5-3-9(12)7-11/h9-10H,3-6,8,12H2,1-2H3. The van der Waals surface area contributed by atoms with Gasteiger partial charge in [-0.3, -0.25) is 0 Å². The van der Waals surface area contributed by atoms with Crippen LogP contribution in [0.15, 0.2) is 0 Å². The fourth-order valence-corrected chi connectivity index (χ4v) is 1.82. The third kappa shape index (κ3) is 3.26. The smallest absolute Gasteiger partial charge is 0.0940 e. The zero-order valence-corrected chi connectivity index (χ0v) is 9.11. The molecule has 1 heterocycles. The molecule has 4 heteroatoms. The van der Waals surface area contributed by atoms with Crippen molar-refractivity contribution in [3.8, 4) is 6.07 Å². The lowest BCUT2D eigenvalue weighted by Gasteiger charge is -2.20. The molecule has 4 nitrogen and oxygen atoms in total. The van der Waals surface area contributed by atoms with Gasteiger partial charge in [0.25, 0.3) is 0 Å². The van der Waals surface area contributed by atoms with Crippen molar-refractivity contribution in [1.82, 2.24) is 9.80 Å². The van der Waals surface area contributed by atoms with E-state index in [2.05, 4.69) is 30.0 Å². The SMILES string of the molecule is CN(C)C1CCN(CCC(N)C#N)C1. The largest absolute Gasteiger partial charge is 0.316 e. The summed E-state index contributed by atoms with van der Waals surface area (Å²) < 4.78 is 0. The molecule has 2 atom stereocenters. The Morgan fingerprint density at radius 3 is 2.86 bits per heavy atom. The van der Waals surface area contributed by atoms with E-state index in [9.17, 15) is 0 Å². The van der Waals surface area contributed by atoms with Gasteiger partial charge in [-0.2, -0.15) is 5.26 Å². The maximum atomic E-state index is 8.55. The third-order valence-electron chi connectivity index (χ3n) is 2.90.